The molecule has 1 N–H and O–H groups in total. The van der Waals surface area contributed by atoms with Crippen molar-refractivity contribution in [1.82, 2.24) is 0 Å². The van der Waals surface area contributed by atoms with E-state index in [0.717, 1.165) is 0 Å². The molecule has 0 atom stereocenters. The maximum atomic E-state index is 13.0. The lowest BCUT2D eigenvalue weighted by atomic mass is 10.2. The lowest BCUT2D eigenvalue weighted by molar-refractivity contribution is 0.0696. The Morgan fingerprint density at radius 3 is 2.58 bits per heavy atom. The van der Waals surface area contributed by atoms with E-state index in [4.69, 9.17) is 21.4 Å². The number of carboxylic acid groups (broad SMARTS) is 1. The van der Waals surface area contributed by atoms with Crippen LogP contribution in [0.15, 0.2) is 40.9 Å². The van der Waals surface area contributed by atoms with Gasteiger partial charge in [0.1, 0.15) is 17.3 Å². The number of ether oxygens (including phenoxy) is 1. The third-order valence-corrected chi connectivity index (χ3v) is 2.99. The van der Waals surface area contributed by atoms with Gasteiger partial charge >= 0.3 is 5.97 Å². The van der Waals surface area contributed by atoms with Gasteiger partial charge in [0, 0.05) is 10.5 Å². The summed E-state index contributed by atoms with van der Waals surface area (Å²) in [5.41, 5.74) is 0.0811. The van der Waals surface area contributed by atoms with Crippen molar-refractivity contribution in [2.24, 2.45) is 0 Å². The summed E-state index contributed by atoms with van der Waals surface area (Å²) in [6.07, 6.45) is 0. The Morgan fingerprint density at radius 2 is 1.95 bits per heavy atom. The first kappa shape index (κ1) is 13.8. The molecule has 0 aliphatic rings. The molecule has 0 aromatic heterocycles. The van der Waals surface area contributed by atoms with Crippen LogP contribution in [0.2, 0.25) is 5.02 Å². The van der Waals surface area contributed by atoms with Gasteiger partial charge in [0.2, 0.25) is 0 Å². The minimum atomic E-state index is -1.07. The van der Waals surface area contributed by atoms with Crippen molar-refractivity contribution < 1.29 is 19.0 Å². The van der Waals surface area contributed by atoms with Gasteiger partial charge in [-0.2, -0.15) is 0 Å². The standard InChI is InChI=1S/C13H7BrClFO3/c14-8-3-7(13(17)18)4-10(5-8)19-9-1-2-12(16)11(15)6-9/h1-6H,(H,17,18). The Hall–Kier alpha value is -1.59. The van der Waals surface area contributed by atoms with Crippen molar-refractivity contribution in [3.63, 3.8) is 0 Å². The van der Waals surface area contributed by atoms with E-state index >= 15 is 0 Å². The van der Waals surface area contributed by atoms with E-state index in [2.05, 4.69) is 15.9 Å². The molecule has 6 heteroatoms. The molecule has 0 aliphatic carbocycles. The van der Waals surface area contributed by atoms with Gasteiger partial charge in [0.25, 0.3) is 0 Å². The molecule has 0 radical (unpaired) electrons. The smallest absolute Gasteiger partial charge is 0.335 e. The number of hydrogen-bond acceptors (Lipinski definition) is 2. The van der Waals surface area contributed by atoms with Gasteiger partial charge in [-0.3, -0.25) is 0 Å². The van der Waals surface area contributed by atoms with Crippen molar-refractivity contribution in [2.45, 2.75) is 0 Å². The summed E-state index contributed by atoms with van der Waals surface area (Å²) >= 11 is 8.83. The average Bonchev–Trinajstić information content (AvgIpc) is 2.33. The molecule has 0 amide bonds. The molecule has 0 saturated carbocycles. The van der Waals surface area contributed by atoms with E-state index in [0.29, 0.717) is 16.0 Å². The molecule has 0 saturated heterocycles. The average molecular weight is 346 g/mol. The summed E-state index contributed by atoms with van der Waals surface area (Å²) in [6, 6.07) is 8.31. The maximum Gasteiger partial charge on any atom is 0.335 e. The molecule has 0 spiro atoms. The Labute approximate surface area is 121 Å². The summed E-state index contributed by atoms with van der Waals surface area (Å²) < 4.78 is 19.0. The minimum Gasteiger partial charge on any atom is -0.478 e. The molecule has 2 aromatic rings. The molecule has 0 heterocycles. The Morgan fingerprint density at radius 1 is 1.21 bits per heavy atom. The van der Waals surface area contributed by atoms with Crippen LogP contribution >= 0.6 is 27.5 Å². The highest BCUT2D eigenvalue weighted by molar-refractivity contribution is 9.10. The molecule has 2 aromatic carbocycles. The molecule has 98 valence electrons. The van der Waals surface area contributed by atoms with E-state index in [1.54, 1.807) is 6.07 Å². The summed E-state index contributed by atoms with van der Waals surface area (Å²) in [6.45, 7) is 0. The van der Waals surface area contributed by atoms with Crippen LogP contribution in [0.25, 0.3) is 0 Å². The van der Waals surface area contributed by atoms with Crippen LogP contribution in [-0.2, 0) is 0 Å². The van der Waals surface area contributed by atoms with Gasteiger partial charge in [-0.1, -0.05) is 27.5 Å². The lowest BCUT2D eigenvalue weighted by Crippen LogP contribution is -1.97. The first-order chi connectivity index (χ1) is 8.95. The van der Waals surface area contributed by atoms with E-state index in [1.165, 1.54) is 30.3 Å². The zero-order chi connectivity index (χ0) is 14.0. The number of halogens is 3. The maximum absolute atomic E-state index is 13.0. The van der Waals surface area contributed by atoms with Crippen molar-refractivity contribution in [2.75, 3.05) is 0 Å². The van der Waals surface area contributed by atoms with Crippen LogP contribution in [-0.4, -0.2) is 11.1 Å². The summed E-state index contributed by atoms with van der Waals surface area (Å²) in [5.74, 6) is -0.979. The second-order valence-corrected chi connectivity index (χ2v) is 4.98. The van der Waals surface area contributed by atoms with E-state index in [1.807, 2.05) is 0 Å². The number of carbonyl (C=O) groups is 1. The highest BCUT2D eigenvalue weighted by Crippen LogP contribution is 2.29. The fourth-order valence-electron chi connectivity index (χ4n) is 1.42. The SMILES string of the molecule is O=C(O)c1cc(Br)cc(Oc2ccc(F)c(Cl)c2)c1. The van der Waals surface area contributed by atoms with E-state index in [9.17, 15) is 9.18 Å². The predicted octanol–water partition coefficient (Wildman–Crippen LogP) is 4.73. The molecule has 0 fully saturated rings. The summed E-state index contributed by atoms with van der Waals surface area (Å²) in [7, 11) is 0. The van der Waals surface area contributed by atoms with Crippen LogP contribution in [0.5, 0.6) is 11.5 Å². The largest absolute Gasteiger partial charge is 0.478 e. The van der Waals surface area contributed by atoms with E-state index < -0.39 is 11.8 Å². The Balaban J connectivity index is 2.32. The zero-order valence-electron chi connectivity index (χ0n) is 9.36. The van der Waals surface area contributed by atoms with Crippen molar-refractivity contribution >= 4 is 33.5 Å². The van der Waals surface area contributed by atoms with Gasteiger partial charge in [-0.15, -0.1) is 0 Å². The normalized spacial score (nSPS) is 10.3. The first-order valence-electron chi connectivity index (χ1n) is 5.12. The second kappa shape index (κ2) is 5.59. The van der Waals surface area contributed by atoms with E-state index in [-0.39, 0.29) is 10.6 Å². The third-order valence-electron chi connectivity index (χ3n) is 2.25. The van der Waals surface area contributed by atoms with Gasteiger partial charge in [0.15, 0.2) is 0 Å². The van der Waals surface area contributed by atoms with Crippen LogP contribution in [0.4, 0.5) is 4.39 Å². The highest BCUT2D eigenvalue weighted by Gasteiger charge is 2.08. The molecule has 0 aliphatic heterocycles. The monoisotopic (exact) mass is 344 g/mol. The molecule has 0 bridgehead atoms. The quantitative estimate of drug-likeness (QED) is 0.874. The second-order valence-electron chi connectivity index (χ2n) is 3.66. The molecule has 0 unspecified atom stereocenters. The van der Waals surface area contributed by atoms with Gasteiger partial charge in [0.05, 0.1) is 10.6 Å². The first-order valence-corrected chi connectivity index (χ1v) is 6.29. The highest BCUT2D eigenvalue weighted by atomic mass is 79.9. The Kier molecular flexibility index (Phi) is 4.07. The molecule has 19 heavy (non-hydrogen) atoms. The minimum absolute atomic E-state index is 0.0639. The van der Waals surface area contributed by atoms with Crippen LogP contribution in [0, 0.1) is 5.82 Å². The fourth-order valence-corrected chi connectivity index (χ4v) is 2.06. The third kappa shape index (κ3) is 3.45. The lowest BCUT2D eigenvalue weighted by Gasteiger charge is -2.08. The number of hydrogen-bond donors (Lipinski definition) is 1. The van der Waals surface area contributed by atoms with Crippen molar-refractivity contribution in [1.29, 1.82) is 0 Å². The summed E-state index contributed by atoms with van der Waals surface area (Å²) in [4.78, 5) is 10.9. The fraction of sp³-hybridized carbons (Fsp3) is 0. The molecular weight excluding hydrogens is 338 g/mol. The van der Waals surface area contributed by atoms with Crippen LogP contribution in [0.1, 0.15) is 10.4 Å². The molecule has 3 nitrogen and oxygen atoms in total. The Bertz CT molecular complexity index is 646. The van der Waals surface area contributed by atoms with Crippen LogP contribution in [0.3, 0.4) is 0 Å². The van der Waals surface area contributed by atoms with Crippen molar-refractivity contribution in [3.8, 4) is 11.5 Å². The number of rotatable bonds is 3. The van der Waals surface area contributed by atoms with Gasteiger partial charge < -0.3 is 9.84 Å². The topological polar surface area (TPSA) is 46.5 Å². The summed E-state index contributed by atoms with van der Waals surface area (Å²) in [5, 5.41) is 8.87. The number of benzene rings is 2. The van der Waals surface area contributed by atoms with Gasteiger partial charge in [-0.05, 0) is 30.3 Å². The van der Waals surface area contributed by atoms with Crippen LogP contribution < -0.4 is 4.74 Å². The zero-order valence-corrected chi connectivity index (χ0v) is 11.7. The van der Waals surface area contributed by atoms with Crippen molar-refractivity contribution in [3.05, 3.63) is 57.3 Å². The predicted molar refractivity (Wildman–Crippen MR) is 72.6 cm³/mol. The number of aromatic carboxylic acids is 1. The molecule has 2 rings (SSSR count). The number of carboxylic acids is 1. The van der Waals surface area contributed by atoms with Gasteiger partial charge in [-0.25, -0.2) is 9.18 Å². The molecular formula is C13H7BrClFO3.